The molecular weight excluding hydrogens is 250 g/mol. The third kappa shape index (κ3) is 3.90. The van der Waals surface area contributed by atoms with Crippen LogP contribution >= 0.6 is 11.3 Å². The lowest BCUT2D eigenvalue weighted by Gasteiger charge is -2.19. The van der Waals surface area contributed by atoms with Crippen LogP contribution in [0.4, 0.5) is 0 Å². The van der Waals surface area contributed by atoms with Crippen LogP contribution in [0.2, 0.25) is 0 Å². The summed E-state index contributed by atoms with van der Waals surface area (Å²) in [5, 5.41) is 2.51. The van der Waals surface area contributed by atoms with Crippen LogP contribution in [0.15, 0.2) is 18.0 Å². The first-order valence-electron chi connectivity index (χ1n) is 5.70. The van der Waals surface area contributed by atoms with Crippen molar-refractivity contribution in [3.05, 3.63) is 28.7 Å². The molecule has 0 aliphatic carbocycles. The van der Waals surface area contributed by atoms with Crippen LogP contribution in [0.3, 0.4) is 0 Å². The molecule has 0 aromatic carbocycles. The van der Waals surface area contributed by atoms with Gasteiger partial charge in [0.1, 0.15) is 10.7 Å². The first-order valence-corrected chi connectivity index (χ1v) is 6.58. The van der Waals surface area contributed by atoms with E-state index in [4.69, 9.17) is 10.5 Å². The molecule has 100 valence electrons. The van der Waals surface area contributed by atoms with Gasteiger partial charge >= 0.3 is 0 Å². The highest BCUT2D eigenvalue weighted by atomic mass is 32.1. The Hall–Kier alpha value is -1.24. The van der Waals surface area contributed by atoms with E-state index in [1.165, 1.54) is 11.3 Å². The average molecular weight is 269 g/mol. The Morgan fingerprint density at radius 2 is 2.50 bits per heavy atom. The van der Waals surface area contributed by atoms with Gasteiger partial charge < -0.3 is 15.4 Å². The fourth-order valence-corrected chi connectivity index (χ4v) is 2.14. The number of hydrogen-bond acceptors (Lipinski definition) is 5. The van der Waals surface area contributed by atoms with Crippen molar-refractivity contribution in [1.29, 1.82) is 0 Å². The summed E-state index contributed by atoms with van der Waals surface area (Å²) in [5.41, 5.74) is 6.16. The quantitative estimate of drug-likeness (QED) is 0.760. The van der Waals surface area contributed by atoms with Crippen LogP contribution in [-0.4, -0.2) is 42.6 Å². The number of hydrogen-bond donors (Lipinski definition) is 1. The third-order valence-corrected chi connectivity index (χ3v) is 3.38. The molecule has 0 spiro atoms. The van der Waals surface area contributed by atoms with E-state index in [-0.39, 0.29) is 11.9 Å². The number of nitrogens with zero attached hydrogens (tertiary/aromatic N) is 2. The number of ether oxygens (including phenoxy) is 1. The number of nitrogens with two attached hydrogens (primary N) is 1. The standard InChI is InChI=1S/C12H19N3O2S/c1-4-5-15(6-7-17-3)12(16)10-8-18-11(14-10)9(2)13/h4,8-9H,1,5-7,13H2,2-3H3. The van der Waals surface area contributed by atoms with Crippen LogP contribution < -0.4 is 5.73 Å². The molecule has 1 aromatic rings. The van der Waals surface area contributed by atoms with E-state index in [0.717, 1.165) is 5.01 Å². The van der Waals surface area contributed by atoms with Crippen LogP contribution in [0.25, 0.3) is 0 Å². The van der Waals surface area contributed by atoms with Crippen LogP contribution in [0.5, 0.6) is 0 Å². The molecule has 1 atom stereocenters. The van der Waals surface area contributed by atoms with E-state index in [0.29, 0.717) is 25.4 Å². The second-order valence-electron chi connectivity index (χ2n) is 3.89. The average Bonchev–Trinajstić information content (AvgIpc) is 2.83. The zero-order valence-corrected chi connectivity index (χ0v) is 11.6. The first-order chi connectivity index (χ1) is 8.60. The van der Waals surface area contributed by atoms with Gasteiger partial charge in [-0.3, -0.25) is 4.79 Å². The van der Waals surface area contributed by atoms with E-state index in [9.17, 15) is 4.79 Å². The minimum Gasteiger partial charge on any atom is -0.383 e. The van der Waals surface area contributed by atoms with E-state index in [1.54, 1.807) is 23.5 Å². The molecule has 0 bridgehead atoms. The van der Waals surface area contributed by atoms with Crippen molar-refractivity contribution >= 4 is 17.2 Å². The maximum absolute atomic E-state index is 12.2. The maximum atomic E-state index is 12.2. The second-order valence-corrected chi connectivity index (χ2v) is 4.78. The Morgan fingerprint density at radius 1 is 1.78 bits per heavy atom. The summed E-state index contributed by atoms with van der Waals surface area (Å²) in [5.74, 6) is -0.116. The largest absolute Gasteiger partial charge is 0.383 e. The van der Waals surface area contributed by atoms with Crippen molar-refractivity contribution < 1.29 is 9.53 Å². The van der Waals surface area contributed by atoms with Gasteiger partial charge in [0.15, 0.2) is 0 Å². The van der Waals surface area contributed by atoms with E-state index in [1.807, 2.05) is 6.92 Å². The van der Waals surface area contributed by atoms with Gasteiger partial charge in [0.25, 0.3) is 5.91 Å². The monoisotopic (exact) mass is 269 g/mol. The third-order valence-electron chi connectivity index (χ3n) is 2.33. The Bertz CT molecular complexity index is 404. The Morgan fingerprint density at radius 3 is 3.00 bits per heavy atom. The number of thiazole rings is 1. The lowest BCUT2D eigenvalue weighted by molar-refractivity contribution is 0.0713. The van der Waals surface area contributed by atoms with Crippen molar-refractivity contribution in [2.75, 3.05) is 26.8 Å². The molecule has 0 aliphatic heterocycles. The molecule has 0 aliphatic rings. The van der Waals surface area contributed by atoms with Gasteiger partial charge in [-0.2, -0.15) is 0 Å². The molecule has 1 amide bonds. The molecule has 18 heavy (non-hydrogen) atoms. The van der Waals surface area contributed by atoms with Gasteiger partial charge in [0.2, 0.25) is 0 Å². The van der Waals surface area contributed by atoms with Crippen molar-refractivity contribution in [1.82, 2.24) is 9.88 Å². The number of carbonyl (C=O) groups is 1. The van der Waals surface area contributed by atoms with E-state index in [2.05, 4.69) is 11.6 Å². The van der Waals surface area contributed by atoms with Gasteiger partial charge in [-0.1, -0.05) is 6.08 Å². The Labute approximate surface area is 111 Å². The van der Waals surface area contributed by atoms with E-state index < -0.39 is 0 Å². The fraction of sp³-hybridized carbons (Fsp3) is 0.500. The molecule has 2 N–H and O–H groups in total. The van der Waals surface area contributed by atoms with Crippen LogP contribution in [0, 0.1) is 0 Å². The molecule has 1 heterocycles. The molecule has 0 saturated heterocycles. The molecule has 6 heteroatoms. The molecular formula is C12H19N3O2S. The van der Waals surface area contributed by atoms with Gasteiger partial charge in [-0.05, 0) is 6.92 Å². The molecule has 0 fully saturated rings. The summed E-state index contributed by atoms with van der Waals surface area (Å²) >= 11 is 1.40. The van der Waals surface area contributed by atoms with Crippen LogP contribution in [0.1, 0.15) is 28.5 Å². The minimum atomic E-state index is -0.150. The van der Waals surface area contributed by atoms with Crippen molar-refractivity contribution in [3.63, 3.8) is 0 Å². The highest BCUT2D eigenvalue weighted by Gasteiger charge is 2.18. The van der Waals surface area contributed by atoms with Gasteiger partial charge in [0.05, 0.1) is 12.6 Å². The first kappa shape index (κ1) is 14.8. The second kappa shape index (κ2) is 7.25. The summed E-state index contributed by atoms with van der Waals surface area (Å²) in [6, 6.07) is -0.150. The van der Waals surface area contributed by atoms with Gasteiger partial charge in [-0.15, -0.1) is 17.9 Å². The predicted octanol–water partition coefficient (Wildman–Crippen LogP) is 1.44. The molecule has 1 aromatic heterocycles. The zero-order chi connectivity index (χ0) is 13.5. The van der Waals surface area contributed by atoms with Gasteiger partial charge in [-0.25, -0.2) is 4.98 Å². The molecule has 0 saturated carbocycles. The summed E-state index contributed by atoms with van der Waals surface area (Å²) in [6.45, 7) is 6.98. The summed E-state index contributed by atoms with van der Waals surface area (Å²) in [7, 11) is 1.60. The van der Waals surface area contributed by atoms with Crippen molar-refractivity contribution in [2.24, 2.45) is 5.73 Å². The highest BCUT2D eigenvalue weighted by Crippen LogP contribution is 2.17. The SMILES string of the molecule is C=CCN(CCOC)C(=O)c1csc(C(C)N)n1. The number of methoxy groups -OCH3 is 1. The number of amides is 1. The topological polar surface area (TPSA) is 68.5 Å². The lowest BCUT2D eigenvalue weighted by atomic mass is 10.3. The molecule has 1 unspecified atom stereocenters. The molecule has 5 nitrogen and oxygen atoms in total. The van der Waals surface area contributed by atoms with Gasteiger partial charge in [0, 0.05) is 25.6 Å². The zero-order valence-electron chi connectivity index (χ0n) is 10.8. The number of aromatic nitrogens is 1. The normalized spacial score (nSPS) is 12.2. The summed E-state index contributed by atoms with van der Waals surface area (Å²) in [4.78, 5) is 18.1. The van der Waals surface area contributed by atoms with E-state index >= 15 is 0 Å². The highest BCUT2D eigenvalue weighted by molar-refractivity contribution is 7.09. The number of carbonyl (C=O) groups excluding carboxylic acids is 1. The summed E-state index contributed by atoms with van der Waals surface area (Å²) < 4.78 is 4.98. The lowest BCUT2D eigenvalue weighted by Crippen LogP contribution is -2.34. The Kier molecular flexibility index (Phi) is 5.97. The molecule has 1 rings (SSSR count). The van der Waals surface area contributed by atoms with Crippen molar-refractivity contribution in [2.45, 2.75) is 13.0 Å². The predicted molar refractivity (Wildman–Crippen MR) is 72.7 cm³/mol. The van der Waals surface area contributed by atoms with Crippen LogP contribution in [-0.2, 0) is 4.74 Å². The maximum Gasteiger partial charge on any atom is 0.273 e. The minimum absolute atomic E-state index is 0.116. The number of rotatable bonds is 7. The summed E-state index contributed by atoms with van der Waals surface area (Å²) in [6.07, 6.45) is 1.69. The fourth-order valence-electron chi connectivity index (χ4n) is 1.39. The molecule has 0 radical (unpaired) electrons. The smallest absolute Gasteiger partial charge is 0.273 e. The van der Waals surface area contributed by atoms with Crippen molar-refractivity contribution in [3.8, 4) is 0 Å². The Balaban J connectivity index is 2.77.